The second-order valence-electron chi connectivity index (χ2n) is 5.18. The molecule has 104 valence electrons. The van der Waals surface area contributed by atoms with Crippen molar-refractivity contribution in [3.05, 3.63) is 35.9 Å². The van der Waals surface area contributed by atoms with E-state index in [0.29, 0.717) is 13.1 Å². The zero-order chi connectivity index (χ0) is 13.7. The molecule has 1 fully saturated rings. The van der Waals surface area contributed by atoms with Crippen LogP contribution in [0.4, 0.5) is 0 Å². The Hall–Kier alpha value is -1.39. The summed E-state index contributed by atoms with van der Waals surface area (Å²) in [5.41, 5.74) is 7.04. The Balaban J connectivity index is 1.88. The Morgan fingerprint density at radius 1 is 1.42 bits per heavy atom. The van der Waals surface area contributed by atoms with E-state index in [-0.39, 0.29) is 11.9 Å². The fraction of sp³-hybridized carbons (Fsp3) is 0.533. The summed E-state index contributed by atoms with van der Waals surface area (Å²) in [6.07, 6.45) is 0.998. The van der Waals surface area contributed by atoms with Gasteiger partial charge in [0.25, 0.3) is 0 Å². The molecule has 2 N–H and O–H groups in total. The van der Waals surface area contributed by atoms with Gasteiger partial charge in [-0.15, -0.1) is 0 Å². The lowest BCUT2D eigenvalue weighted by Crippen LogP contribution is -2.40. The Bertz CT molecular complexity index is 407. The SMILES string of the molecule is CCN(Cc1ccccc1)C(=O)CN1CCC(N)C1. The molecule has 1 aliphatic heterocycles. The number of nitrogens with two attached hydrogens (primary N) is 1. The van der Waals surface area contributed by atoms with Gasteiger partial charge < -0.3 is 10.6 Å². The Morgan fingerprint density at radius 2 is 2.16 bits per heavy atom. The number of nitrogens with zero attached hydrogens (tertiary/aromatic N) is 2. The lowest BCUT2D eigenvalue weighted by molar-refractivity contribution is -0.132. The number of carbonyl (C=O) groups excluding carboxylic acids is 1. The van der Waals surface area contributed by atoms with E-state index in [4.69, 9.17) is 5.73 Å². The van der Waals surface area contributed by atoms with Crippen molar-refractivity contribution in [1.29, 1.82) is 0 Å². The molecular formula is C15H23N3O. The van der Waals surface area contributed by atoms with Crippen LogP contribution in [-0.2, 0) is 11.3 Å². The minimum absolute atomic E-state index is 0.195. The van der Waals surface area contributed by atoms with Gasteiger partial charge in [0, 0.05) is 32.2 Å². The summed E-state index contributed by atoms with van der Waals surface area (Å²) in [5.74, 6) is 0.195. The number of carbonyl (C=O) groups is 1. The molecule has 1 heterocycles. The van der Waals surface area contributed by atoms with Crippen LogP contribution >= 0.6 is 0 Å². The monoisotopic (exact) mass is 261 g/mol. The van der Waals surface area contributed by atoms with Gasteiger partial charge in [0.1, 0.15) is 0 Å². The normalized spacial score (nSPS) is 19.6. The lowest BCUT2D eigenvalue weighted by atomic mass is 10.2. The number of hydrogen-bond donors (Lipinski definition) is 1. The average molecular weight is 261 g/mol. The topological polar surface area (TPSA) is 49.6 Å². The second-order valence-corrected chi connectivity index (χ2v) is 5.18. The first kappa shape index (κ1) is 14.0. The molecule has 0 bridgehead atoms. The van der Waals surface area contributed by atoms with Crippen molar-refractivity contribution in [3.8, 4) is 0 Å². The van der Waals surface area contributed by atoms with Gasteiger partial charge in [-0.3, -0.25) is 9.69 Å². The Morgan fingerprint density at radius 3 is 2.74 bits per heavy atom. The Labute approximate surface area is 115 Å². The van der Waals surface area contributed by atoms with Crippen molar-refractivity contribution in [1.82, 2.24) is 9.80 Å². The highest BCUT2D eigenvalue weighted by atomic mass is 16.2. The summed E-state index contributed by atoms with van der Waals surface area (Å²) >= 11 is 0. The molecule has 4 heteroatoms. The first-order valence-electron chi connectivity index (χ1n) is 6.98. The third kappa shape index (κ3) is 4.04. The van der Waals surface area contributed by atoms with E-state index in [9.17, 15) is 4.79 Å². The maximum atomic E-state index is 12.3. The van der Waals surface area contributed by atoms with Gasteiger partial charge in [-0.25, -0.2) is 0 Å². The van der Waals surface area contributed by atoms with Crippen molar-refractivity contribution in [2.24, 2.45) is 5.73 Å². The molecule has 0 aromatic heterocycles. The molecule has 1 aromatic rings. The van der Waals surface area contributed by atoms with E-state index >= 15 is 0 Å². The molecule has 1 saturated heterocycles. The van der Waals surface area contributed by atoms with Crippen molar-refractivity contribution in [2.75, 3.05) is 26.2 Å². The maximum Gasteiger partial charge on any atom is 0.237 e. The first-order valence-corrected chi connectivity index (χ1v) is 6.98. The predicted molar refractivity (Wildman–Crippen MR) is 76.6 cm³/mol. The summed E-state index contributed by atoms with van der Waals surface area (Å²) in [4.78, 5) is 16.3. The fourth-order valence-corrected chi connectivity index (χ4v) is 2.48. The third-order valence-corrected chi connectivity index (χ3v) is 3.62. The van der Waals surface area contributed by atoms with Crippen molar-refractivity contribution in [2.45, 2.75) is 25.9 Å². The van der Waals surface area contributed by atoms with E-state index in [2.05, 4.69) is 17.0 Å². The lowest BCUT2D eigenvalue weighted by Gasteiger charge is -2.24. The molecule has 4 nitrogen and oxygen atoms in total. The van der Waals surface area contributed by atoms with Gasteiger partial charge in [0.05, 0.1) is 6.54 Å². The summed E-state index contributed by atoms with van der Waals surface area (Å²) in [5, 5.41) is 0. The molecule has 1 amide bonds. The summed E-state index contributed by atoms with van der Waals surface area (Å²) in [7, 11) is 0. The van der Waals surface area contributed by atoms with Crippen LogP contribution < -0.4 is 5.73 Å². The molecule has 19 heavy (non-hydrogen) atoms. The second kappa shape index (κ2) is 6.68. The predicted octanol–water partition coefficient (Wildman–Crippen LogP) is 1.07. The largest absolute Gasteiger partial charge is 0.338 e. The number of likely N-dealkylation sites (tertiary alicyclic amines) is 1. The highest BCUT2D eigenvalue weighted by Crippen LogP contribution is 2.09. The van der Waals surface area contributed by atoms with Crippen LogP contribution in [-0.4, -0.2) is 47.9 Å². The van der Waals surface area contributed by atoms with E-state index in [1.165, 1.54) is 5.56 Å². The van der Waals surface area contributed by atoms with Crippen LogP contribution in [0.3, 0.4) is 0 Å². The fourth-order valence-electron chi connectivity index (χ4n) is 2.48. The van der Waals surface area contributed by atoms with Crippen LogP contribution in [0.2, 0.25) is 0 Å². The summed E-state index contributed by atoms with van der Waals surface area (Å²) in [6, 6.07) is 10.4. The molecule has 0 aliphatic carbocycles. The van der Waals surface area contributed by atoms with Crippen LogP contribution in [0, 0.1) is 0 Å². The standard InChI is InChI=1S/C15H23N3O/c1-2-18(10-13-6-4-3-5-7-13)15(19)12-17-9-8-14(16)11-17/h3-7,14H,2,8-12,16H2,1H3. The summed E-state index contributed by atoms with van der Waals surface area (Å²) < 4.78 is 0. The zero-order valence-corrected chi connectivity index (χ0v) is 11.6. The molecular weight excluding hydrogens is 238 g/mol. The van der Waals surface area contributed by atoms with Crippen molar-refractivity contribution >= 4 is 5.91 Å². The maximum absolute atomic E-state index is 12.3. The van der Waals surface area contributed by atoms with E-state index < -0.39 is 0 Å². The molecule has 1 unspecified atom stereocenters. The van der Waals surface area contributed by atoms with E-state index in [1.54, 1.807) is 0 Å². The van der Waals surface area contributed by atoms with Gasteiger partial charge in [-0.05, 0) is 18.9 Å². The summed E-state index contributed by atoms with van der Waals surface area (Å²) in [6.45, 7) is 5.74. The molecule has 0 radical (unpaired) electrons. The smallest absolute Gasteiger partial charge is 0.237 e. The van der Waals surface area contributed by atoms with Crippen molar-refractivity contribution < 1.29 is 4.79 Å². The first-order chi connectivity index (χ1) is 9.19. The van der Waals surface area contributed by atoms with E-state index in [0.717, 1.165) is 26.1 Å². The van der Waals surface area contributed by atoms with Crippen molar-refractivity contribution in [3.63, 3.8) is 0 Å². The van der Waals surface area contributed by atoms with Gasteiger partial charge >= 0.3 is 0 Å². The van der Waals surface area contributed by atoms with Gasteiger partial charge in [0.2, 0.25) is 5.91 Å². The number of benzene rings is 1. The minimum Gasteiger partial charge on any atom is -0.338 e. The molecule has 0 saturated carbocycles. The zero-order valence-electron chi connectivity index (χ0n) is 11.6. The molecule has 1 atom stereocenters. The highest BCUT2D eigenvalue weighted by molar-refractivity contribution is 5.78. The van der Waals surface area contributed by atoms with Crippen LogP contribution in [0.1, 0.15) is 18.9 Å². The number of hydrogen-bond acceptors (Lipinski definition) is 3. The van der Waals surface area contributed by atoms with Crippen LogP contribution in [0.15, 0.2) is 30.3 Å². The van der Waals surface area contributed by atoms with Crippen LogP contribution in [0.5, 0.6) is 0 Å². The molecule has 1 aliphatic rings. The quantitative estimate of drug-likeness (QED) is 0.862. The van der Waals surface area contributed by atoms with E-state index in [1.807, 2.05) is 30.0 Å². The number of likely N-dealkylation sites (N-methyl/N-ethyl adjacent to an activating group) is 1. The third-order valence-electron chi connectivity index (χ3n) is 3.62. The van der Waals surface area contributed by atoms with Gasteiger partial charge in [-0.1, -0.05) is 30.3 Å². The average Bonchev–Trinajstić information content (AvgIpc) is 2.82. The highest BCUT2D eigenvalue weighted by Gasteiger charge is 2.23. The molecule has 1 aromatic carbocycles. The molecule has 0 spiro atoms. The number of amides is 1. The van der Waals surface area contributed by atoms with Gasteiger partial charge in [0.15, 0.2) is 0 Å². The van der Waals surface area contributed by atoms with Gasteiger partial charge in [-0.2, -0.15) is 0 Å². The Kier molecular flexibility index (Phi) is 4.93. The van der Waals surface area contributed by atoms with Crippen LogP contribution in [0.25, 0.3) is 0 Å². The molecule has 2 rings (SSSR count). The number of rotatable bonds is 5. The minimum atomic E-state index is 0.195.